The van der Waals surface area contributed by atoms with Gasteiger partial charge in [0.15, 0.2) is 11.2 Å². The number of carbonyl (C=O) groups excluding carboxylic acids is 1. The van der Waals surface area contributed by atoms with Crippen molar-refractivity contribution in [2.24, 2.45) is 0 Å². The lowest BCUT2D eigenvalue weighted by Crippen LogP contribution is -2.30. The second-order valence-corrected chi connectivity index (χ2v) is 6.78. The van der Waals surface area contributed by atoms with E-state index in [4.69, 9.17) is 21.6 Å². The van der Waals surface area contributed by atoms with Gasteiger partial charge in [0.25, 0.3) is 5.91 Å². The lowest BCUT2D eigenvalue weighted by molar-refractivity contribution is -0.122. The SMILES string of the molecule is CC(Oc1ccccc1C#N)C(=O)Nc1nc(-c2ccc(F)cc2Cl)cs1. The Balaban J connectivity index is 1.69. The molecule has 0 saturated heterocycles. The van der Waals surface area contributed by atoms with Crippen LogP contribution in [0.1, 0.15) is 12.5 Å². The Labute approximate surface area is 164 Å². The molecule has 0 fully saturated rings. The predicted molar refractivity (Wildman–Crippen MR) is 102 cm³/mol. The van der Waals surface area contributed by atoms with Crippen molar-refractivity contribution >= 4 is 34.0 Å². The molecular weight excluding hydrogens is 389 g/mol. The summed E-state index contributed by atoms with van der Waals surface area (Å²) in [5, 5.41) is 14.1. The van der Waals surface area contributed by atoms with Gasteiger partial charge in [0.2, 0.25) is 0 Å². The third-order valence-corrected chi connectivity index (χ3v) is 4.69. The van der Waals surface area contributed by atoms with E-state index in [0.717, 1.165) is 0 Å². The number of anilines is 1. The number of nitrogens with one attached hydrogen (secondary N) is 1. The zero-order valence-corrected chi connectivity index (χ0v) is 15.6. The standard InChI is InChI=1S/C19H13ClFN3O2S/c1-11(26-17-5-3-2-4-12(17)9-22)18(25)24-19-23-16(10-27-19)14-7-6-13(21)8-15(14)20/h2-8,10-11H,1H3,(H,23,24,25). The molecule has 3 aromatic rings. The Morgan fingerprint density at radius 3 is 2.89 bits per heavy atom. The first-order valence-electron chi connectivity index (χ1n) is 7.85. The van der Waals surface area contributed by atoms with E-state index in [1.165, 1.54) is 29.5 Å². The molecule has 0 aliphatic heterocycles. The van der Waals surface area contributed by atoms with Gasteiger partial charge in [-0.05, 0) is 37.3 Å². The number of hydrogen-bond acceptors (Lipinski definition) is 5. The Morgan fingerprint density at radius 1 is 1.37 bits per heavy atom. The van der Waals surface area contributed by atoms with E-state index < -0.39 is 17.8 Å². The van der Waals surface area contributed by atoms with Gasteiger partial charge in [0, 0.05) is 10.9 Å². The molecule has 0 spiro atoms. The highest BCUT2D eigenvalue weighted by atomic mass is 35.5. The molecule has 136 valence electrons. The van der Waals surface area contributed by atoms with Crippen molar-refractivity contribution in [2.75, 3.05) is 5.32 Å². The van der Waals surface area contributed by atoms with Crippen LogP contribution < -0.4 is 10.1 Å². The normalized spacial score (nSPS) is 11.5. The molecule has 1 atom stereocenters. The number of benzene rings is 2. The van der Waals surface area contributed by atoms with Crippen molar-refractivity contribution < 1.29 is 13.9 Å². The van der Waals surface area contributed by atoms with E-state index in [1.807, 2.05) is 6.07 Å². The summed E-state index contributed by atoms with van der Waals surface area (Å²) in [5.41, 5.74) is 1.45. The smallest absolute Gasteiger partial charge is 0.266 e. The zero-order chi connectivity index (χ0) is 19.4. The number of carbonyl (C=O) groups is 1. The first kappa shape index (κ1) is 18.8. The van der Waals surface area contributed by atoms with Crippen molar-refractivity contribution in [1.82, 2.24) is 4.98 Å². The Kier molecular flexibility index (Phi) is 5.69. The molecule has 8 heteroatoms. The van der Waals surface area contributed by atoms with E-state index in [2.05, 4.69) is 10.3 Å². The minimum atomic E-state index is -0.832. The molecule has 5 nitrogen and oxygen atoms in total. The van der Waals surface area contributed by atoms with E-state index in [1.54, 1.807) is 36.6 Å². The third kappa shape index (κ3) is 4.42. The van der Waals surface area contributed by atoms with Gasteiger partial charge in [-0.3, -0.25) is 10.1 Å². The van der Waals surface area contributed by atoms with Gasteiger partial charge in [-0.1, -0.05) is 23.7 Å². The lowest BCUT2D eigenvalue weighted by Gasteiger charge is -2.14. The minimum Gasteiger partial charge on any atom is -0.480 e. The van der Waals surface area contributed by atoms with Crippen molar-refractivity contribution in [3.8, 4) is 23.1 Å². The van der Waals surface area contributed by atoms with Crippen LogP contribution in [0.25, 0.3) is 11.3 Å². The van der Waals surface area contributed by atoms with Crippen LogP contribution >= 0.6 is 22.9 Å². The molecule has 0 bridgehead atoms. The summed E-state index contributed by atoms with van der Waals surface area (Å²) in [6.45, 7) is 1.58. The molecule has 0 saturated carbocycles. The largest absolute Gasteiger partial charge is 0.480 e. The maximum absolute atomic E-state index is 13.2. The molecule has 0 aliphatic carbocycles. The highest BCUT2D eigenvalue weighted by molar-refractivity contribution is 7.14. The highest BCUT2D eigenvalue weighted by Crippen LogP contribution is 2.31. The number of thiazole rings is 1. The molecule has 1 amide bonds. The Bertz CT molecular complexity index is 1030. The van der Waals surface area contributed by atoms with E-state index in [9.17, 15) is 9.18 Å². The number of hydrogen-bond donors (Lipinski definition) is 1. The van der Waals surface area contributed by atoms with Crippen molar-refractivity contribution in [3.63, 3.8) is 0 Å². The van der Waals surface area contributed by atoms with Gasteiger partial charge < -0.3 is 4.74 Å². The Morgan fingerprint density at radius 2 is 2.15 bits per heavy atom. The zero-order valence-electron chi connectivity index (χ0n) is 14.1. The second kappa shape index (κ2) is 8.16. The summed E-state index contributed by atoms with van der Waals surface area (Å²) >= 11 is 7.25. The lowest BCUT2D eigenvalue weighted by atomic mass is 10.2. The first-order valence-corrected chi connectivity index (χ1v) is 9.11. The molecule has 1 heterocycles. The van der Waals surface area contributed by atoms with Gasteiger partial charge in [-0.25, -0.2) is 9.37 Å². The summed E-state index contributed by atoms with van der Waals surface area (Å²) < 4.78 is 18.7. The molecule has 1 aromatic heterocycles. The number of amides is 1. The summed E-state index contributed by atoms with van der Waals surface area (Å²) in [6.07, 6.45) is -0.832. The van der Waals surface area contributed by atoms with Crippen LogP contribution in [0.3, 0.4) is 0 Å². The van der Waals surface area contributed by atoms with Crippen LogP contribution in [0.15, 0.2) is 47.8 Å². The van der Waals surface area contributed by atoms with Gasteiger partial charge in [-0.15, -0.1) is 11.3 Å². The number of nitriles is 1. The average Bonchev–Trinajstić information content (AvgIpc) is 3.10. The molecule has 3 rings (SSSR count). The van der Waals surface area contributed by atoms with Crippen LogP contribution in [-0.4, -0.2) is 17.0 Å². The van der Waals surface area contributed by atoms with Crippen molar-refractivity contribution in [2.45, 2.75) is 13.0 Å². The number of halogens is 2. The highest BCUT2D eigenvalue weighted by Gasteiger charge is 2.18. The average molecular weight is 402 g/mol. The quantitative estimate of drug-likeness (QED) is 0.661. The number of nitrogens with zero attached hydrogens (tertiary/aromatic N) is 2. The number of aromatic nitrogens is 1. The molecule has 0 radical (unpaired) electrons. The van der Waals surface area contributed by atoms with Gasteiger partial charge in [0.1, 0.15) is 17.6 Å². The Hall–Kier alpha value is -2.95. The van der Waals surface area contributed by atoms with Crippen LogP contribution in [-0.2, 0) is 4.79 Å². The second-order valence-electron chi connectivity index (χ2n) is 5.52. The fraction of sp³-hybridized carbons (Fsp3) is 0.105. The van der Waals surface area contributed by atoms with E-state index in [0.29, 0.717) is 27.7 Å². The maximum atomic E-state index is 13.2. The van der Waals surface area contributed by atoms with Crippen LogP contribution in [0.5, 0.6) is 5.75 Å². The fourth-order valence-corrected chi connectivity index (χ4v) is 3.24. The maximum Gasteiger partial charge on any atom is 0.266 e. The monoisotopic (exact) mass is 401 g/mol. The van der Waals surface area contributed by atoms with Gasteiger partial charge >= 0.3 is 0 Å². The van der Waals surface area contributed by atoms with Crippen LogP contribution in [0.2, 0.25) is 5.02 Å². The molecule has 1 unspecified atom stereocenters. The summed E-state index contributed by atoms with van der Waals surface area (Å²) in [6, 6.07) is 12.7. The van der Waals surface area contributed by atoms with Crippen molar-refractivity contribution in [3.05, 3.63) is 64.2 Å². The number of rotatable bonds is 5. The number of ether oxygens (including phenoxy) is 1. The predicted octanol–water partition coefficient (Wildman–Crippen LogP) is 4.88. The minimum absolute atomic E-state index is 0.239. The molecular formula is C19H13ClFN3O2S. The van der Waals surface area contributed by atoms with Crippen LogP contribution in [0, 0.1) is 17.1 Å². The third-order valence-electron chi connectivity index (χ3n) is 3.62. The molecule has 27 heavy (non-hydrogen) atoms. The molecule has 1 N–H and O–H groups in total. The summed E-state index contributed by atoms with van der Waals surface area (Å²) in [4.78, 5) is 16.7. The van der Waals surface area contributed by atoms with Crippen molar-refractivity contribution in [1.29, 1.82) is 5.26 Å². The van der Waals surface area contributed by atoms with Gasteiger partial charge in [0.05, 0.1) is 16.3 Å². The van der Waals surface area contributed by atoms with Gasteiger partial charge in [-0.2, -0.15) is 5.26 Å². The molecule has 0 aliphatic rings. The van der Waals surface area contributed by atoms with Crippen LogP contribution in [0.4, 0.5) is 9.52 Å². The topological polar surface area (TPSA) is 75.0 Å². The van der Waals surface area contributed by atoms with E-state index in [-0.39, 0.29) is 5.02 Å². The molecule has 2 aromatic carbocycles. The number of para-hydroxylation sites is 1. The fourth-order valence-electron chi connectivity index (χ4n) is 2.26. The first-order chi connectivity index (χ1) is 13.0. The summed E-state index contributed by atoms with van der Waals surface area (Å²) in [5.74, 6) is -0.509. The summed E-state index contributed by atoms with van der Waals surface area (Å²) in [7, 11) is 0. The van der Waals surface area contributed by atoms with E-state index >= 15 is 0 Å².